The van der Waals surface area contributed by atoms with Crippen molar-refractivity contribution in [3.05, 3.63) is 76.7 Å². The number of aryl methyl sites for hydroxylation is 1. The van der Waals surface area contributed by atoms with Gasteiger partial charge in [-0.05, 0) is 31.2 Å². The van der Waals surface area contributed by atoms with Gasteiger partial charge in [-0.3, -0.25) is 9.00 Å². The first kappa shape index (κ1) is 16.7. The zero-order valence-corrected chi connectivity index (χ0v) is 14.8. The Morgan fingerprint density at radius 3 is 2.62 bits per heavy atom. The Kier molecular flexibility index (Phi) is 4.16. The molecule has 0 bridgehead atoms. The summed E-state index contributed by atoms with van der Waals surface area (Å²) in [7, 11) is -1.03. The summed E-state index contributed by atoms with van der Waals surface area (Å²) in [5, 5.41) is 7.29. The number of carbonyl (C=O) groups excluding carboxylic acids is 1. The highest BCUT2D eigenvalue weighted by molar-refractivity contribution is 7.83. The molecule has 0 aliphatic carbocycles. The second kappa shape index (κ2) is 6.49. The SMILES string of the molecule is Cc1ccc(-n2nc3c(c2NC(=O)c2ccccc2F)C[S@](=O)C3)cc1. The summed E-state index contributed by atoms with van der Waals surface area (Å²) in [5.41, 5.74) is 3.28. The second-order valence-corrected chi connectivity index (χ2v) is 7.64. The van der Waals surface area contributed by atoms with E-state index in [4.69, 9.17) is 0 Å². The van der Waals surface area contributed by atoms with Crippen LogP contribution in [0.2, 0.25) is 0 Å². The smallest absolute Gasteiger partial charge is 0.259 e. The van der Waals surface area contributed by atoms with Crippen LogP contribution >= 0.6 is 0 Å². The van der Waals surface area contributed by atoms with Crippen LogP contribution in [0.1, 0.15) is 27.2 Å². The number of nitrogens with one attached hydrogen (secondary N) is 1. The molecule has 1 N–H and O–H groups in total. The number of nitrogens with zero attached hydrogens (tertiary/aromatic N) is 2. The lowest BCUT2D eigenvalue weighted by atomic mass is 10.2. The van der Waals surface area contributed by atoms with E-state index in [1.807, 2.05) is 31.2 Å². The number of hydrogen-bond acceptors (Lipinski definition) is 3. The largest absolute Gasteiger partial charge is 0.306 e. The molecule has 0 radical (unpaired) electrons. The molecule has 1 aliphatic heterocycles. The number of carbonyl (C=O) groups is 1. The third kappa shape index (κ3) is 2.94. The van der Waals surface area contributed by atoms with E-state index in [9.17, 15) is 13.4 Å². The van der Waals surface area contributed by atoms with Gasteiger partial charge in [0.2, 0.25) is 0 Å². The van der Waals surface area contributed by atoms with Gasteiger partial charge in [-0.1, -0.05) is 29.8 Å². The van der Waals surface area contributed by atoms with Gasteiger partial charge in [0, 0.05) is 16.4 Å². The predicted octanol–water partition coefficient (Wildman–Crippen LogP) is 3.33. The van der Waals surface area contributed by atoms with E-state index in [0.717, 1.165) is 16.8 Å². The maximum absolute atomic E-state index is 13.9. The van der Waals surface area contributed by atoms with Gasteiger partial charge in [0.1, 0.15) is 11.6 Å². The lowest BCUT2D eigenvalue weighted by molar-refractivity contribution is 0.102. The van der Waals surface area contributed by atoms with E-state index in [1.54, 1.807) is 10.7 Å². The van der Waals surface area contributed by atoms with E-state index in [1.165, 1.54) is 18.2 Å². The van der Waals surface area contributed by atoms with Gasteiger partial charge in [-0.2, -0.15) is 5.10 Å². The average molecular weight is 369 g/mol. The molecule has 0 unspecified atom stereocenters. The van der Waals surface area contributed by atoms with Crippen molar-refractivity contribution in [2.45, 2.75) is 18.4 Å². The molecule has 1 aliphatic rings. The van der Waals surface area contributed by atoms with E-state index < -0.39 is 22.5 Å². The Morgan fingerprint density at radius 1 is 1.15 bits per heavy atom. The number of rotatable bonds is 3. The van der Waals surface area contributed by atoms with Crippen LogP contribution in [0, 0.1) is 12.7 Å². The molecule has 0 saturated heterocycles. The highest BCUT2D eigenvalue weighted by atomic mass is 32.2. The molecule has 1 aromatic heterocycles. The van der Waals surface area contributed by atoms with Crippen LogP contribution in [0.4, 0.5) is 10.2 Å². The van der Waals surface area contributed by atoms with Gasteiger partial charge in [-0.15, -0.1) is 0 Å². The average Bonchev–Trinajstić information content (AvgIpc) is 3.13. The Bertz CT molecular complexity index is 1030. The fourth-order valence-corrected chi connectivity index (χ4v) is 4.21. The third-order valence-electron chi connectivity index (χ3n) is 4.30. The van der Waals surface area contributed by atoms with Gasteiger partial charge >= 0.3 is 0 Å². The zero-order chi connectivity index (χ0) is 18.3. The van der Waals surface area contributed by atoms with Crippen molar-refractivity contribution >= 4 is 22.5 Å². The molecule has 0 saturated carbocycles. The Hall–Kier alpha value is -2.80. The fraction of sp³-hybridized carbons (Fsp3) is 0.158. The van der Waals surface area contributed by atoms with E-state index >= 15 is 0 Å². The first-order valence-corrected chi connectivity index (χ1v) is 9.60. The molecule has 5 nitrogen and oxygen atoms in total. The number of anilines is 1. The number of amides is 1. The molecule has 1 atom stereocenters. The molecule has 7 heteroatoms. The van der Waals surface area contributed by atoms with E-state index in [2.05, 4.69) is 10.4 Å². The van der Waals surface area contributed by atoms with Gasteiger partial charge in [0.25, 0.3) is 5.91 Å². The quantitative estimate of drug-likeness (QED) is 0.770. The third-order valence-corrected chi connectivity index (χ3v) is 5.50. The molecule has 0 fully saturated rings. The summed E-state index contributed by atoms with van der Waals surface area (Å²) in [5.74, 6) is -0.0170. The van der Waals surface area contributed by atoms with Gasteiger partial charge < -0.3 is 5.32 Å². The number of fused-ring (bicyclic) bond motifs is 1. The standard InChI is InChI=1S/C19H16FN3O2S/c1-12-6-8-13(9-7-12)23-18(15-10-26(25)11-17(15)22-23)21-19(24)14-4-2-3-5-16(14)20/h2-9H,10-11H2,1H3,(H,21,24)/t26-/m0/s1. The first-order chi connectivity index (χ1) is 12.5. The van der Waals surface area contributed by atoms with Crippen LogP contribution in [0.5, 0.6) is 0 Å². The normalized spacial score (nSPS) is 15.7. The Balaban J connectivity index is 1.77. The molecule has 132 valence electrons. The van der Waals surface area contributed by atoms with Crippen molar-refractivity contribution in [3.63, 3.8) is 0 Å². The summed E-state index contributed by atoms with van der Waals surface area (Å²) < 4.78 is 27.5. The van der Waals surface area contributed by atoms with Crippen LogP contribution in [-0.4, -0.2) is 19.9 Å². The summed E-state index contributed by atoms with van der Waals surface area (Å²) in [6, 6.07) is 13.5. The minimum atomic E-state index is -1.03. The van der Waals surface area contributed by atoms with Gasteiger partial charge in [0.05, 0.1) is 28.5 Å². The van der Waals surface area contributed by atoms with Crippen LogP contribution in [0.3, 0.4) is 0 Å². The maximum atomic E-state index is 13.9. The lowest BCUT2D eigenvalue weighted by Crippen LogP contribution is -2.17. The number of benzene rings is 2. The molecule has 0 spiro atoms. The second-order valence-electron chi connectivity index (χ2n) is 6.18. The molecule has 3 aromatic rings. The topological polar surface area (TPSA) is 64.0 Å². The molecular formula is C19H16FN3O2S. The zero-order valence-electron chi connectivity index (χ0n) is 14.0. The van der Waals surface area contributed by atoms with Crippen molar-refractivity contribution < 1.29 is 13.4 Å². The van der Waals surface area contributed by atoms with E-state index in [0.29, 0.717) is 23.0 Å². The minimum absolute atomic E-state index is 0.0444. The van der Waals surface area contributed by atoms with Gasteiger partial charge in [0.15, 0.2) is 0 Å². The summed E-state index contributed by atoms with van der Waals surface area (Å²) in [4.78, 5) is 12.6. The lowest BCUT2D eigenvalue weighted by Gasteiger charge is -2.11. The van der Waals surface area contributed by atoms with E-state index in [-0.39, 0.29) is 5.56 Å². The Morgan fingerprint density at radius 2 is 1.88 bits per heavy atom. The molecule has 4 rings (SSSR count). The van der Waals surface area contributed by atoms with Crippen LogP contribution in [-0.2, 0) is 22.3 Å². The van der Waals surface area contributed by atoms with Crippen molar-refractivity contribution in [3.8, 4) is 5.69 Å². The number of hydrogen-bond donors (Lipinski definition) is 1. The molecule has 26 heavy (non-hydrogen) atoms. The monoisotopic (exact) mass is 369 g/mol. The van der Waals surface area contributed by atoms with Crippen LogP contribution in [0.25, 0.3) is 5.69 Å². The number of halogens is 1. The minimum Gasteiger partial charge on any atom is -0.306 e. The molecule has 2 heterocycles. The molecule has 1 amide bonds. The highest BCUT2D eigenvalue weighted by Crippen LogP contribution is 2.31. The molecular weight excluding hydrogens is 353 g/mol. The predicted molar refractivity (Wildman–Crippen MR) is 98.2 cm³/mol. The first-order valence-electron chi connectivity index (χ1n) is 8.11. The fourth-order valence-electron chi connectivity index (χ4n) is 2.95. The van der Waals surface area contributed by atoms with Crippen molar-refractivity contribution in [1.29, 1.82) is 0 Å². The summed E-state index contributed by atoms with van der Waals surface area (Å²) in [6.45, 7) is 1.98. The summed E-state index contributed by atoms with van der Waals surface area (Å²) in [6.07, 6.45) is 0. The van der Waals surface area contributed by atoms with Crippen LogP contribution in [0.15, 0.2) is 48.5 Å². The van der Waals surface area contributed by atoms with Crippen LogP contribution < -0.4 is 5.32 Å². The summed E-state index contributed by atoms with van der Waals surface area (Å²) >= 11 is 0. The Labute approximate surface area is 152 Å². The highest BCUT2D eigenvalue weighted by Gasteiger charge is 2.28. The molecule has 2 aromatic carbocycles. The van der Waals surface area contributed by atoms with Crippen molar-refractivity contribution in [1.82, 2.24) is 9.78 Å². The van der Waals surface area contributed by atoms with Gasteiger partial charge in [-0.25, -0.2) is 9.07 Å². The van der Waals surface area contributed by atoms with Crippen molar-refractivity contribution in [2.75, 3.05) is 5.32 Å². The maximum Gasteiger partial charge on any atom is 0.259 e. The number of aromatic nitrogens is 2. The van der Waals surface area contributed by atoms with Crippen molar-refractivity contribution in [2.24, 2.45) is 0 Å².